The van der Waals surface area contributed by atoms with Crippen LogP contribution in [0.4, 0.5) is 11.4 Å². The molecule has 0 aromatic heterocycles. The highest BCUT2D eigenvalue weighted by Crippen LogP contribution is 2.24. The molecule has 0 saturated carbocycles. The summed E-state index contributed by atoms with van der Waals surface area (Å²) >= 11 is 0. The van der Waals surface area contributed by atoms with E-state index in [1.807, 2.05) is 0 Å². The summed E-state index contributed by atoms with van der Waals surface area (Å²) in [6.45, 7) is 0. The molecule has 2 rings (SSSR count). The molecule has 2 aromatic carbocycles. The Kier molecular flexibility index (Phi) is 4.08. The average Bonchev–Trinajstić information content (AvgIpc) is 2.43. The first kappa shape index (κ1) is 14.4. The van der Waals surface area contributed by atoms with Gasteiger partial charge in [0.25, 0.3) is 0 Å². The number of rotatable bonds is 4. The van der Waals surface area contributed by atoms with Crippen LogP contribution in [0.5, 0.6) is 5.75 Å². The van der Waals surface area contributed by atoms with E-state index in [9.17, 15) is 9.90 Å². The molecule has 1 amide bonds. The number of aromatic hydroxyl groups is 1. The minimum atomic E-state index is -0.316. The van der Waals surface area contributed by atoms with Crippen molar-refractivity contribution in [3.05, 3.63) is 53.6 Å². The molecule has 0 aliphatic heterocycles. The second-order valence-corrected chi connectivity index (χ2v) is 4.57. The van der Waals surface area contributed by atoms with Crippen LogP contribution in [-0.2, 0) is 11.2 Å². The molecule has 0 aliphatic carbocycles. The van der Waals surface area contributed by atoms with Crippen molar-refractivity contribution >= 4 is 23.1 Å². The van der Waals surface area contributed by atoms with Gasteiger partial charge in [-0.25, -0.2) is 0 Å². The van der Waals surface area contributed by atoms with Gasteiger partial charge in [-0.1, -0.05) is 18.2 Å². The topological polar surface area (TPSA) is 125 Å². The third kappa shape index (κ3) is 3.50. The van der Waals surface area contributed by atoms with Crippen molar-refractivity contribution < 1.29 is 9.90 Å². The Hall–Kier alpha value is -3.02. The van der Waals surface area contributed by atoms with Gasteiger partial charge in [0.1, 0.15) is 11.6 Å². The minimum absolute atomic E-state index is 0.0885. The maximum Gasteiger partial charge on any atom is 0.228 e. The second-order valence-electron chi connectivity index (χ2n) is 4.57. The van der Waals surface area contributed by atoms with Gasteiger partial charge in [-0.05, 0) is 29.8 Å². The highest BCUT2D eigenvalue weighted by Gasteiger charge is 2.10. The number of hydrogen-bond acceptors (Lipinski definition) is 4. The minimum Gasteiger partial charge on any atom is -0.506 e. The molecular formula is C15H16N4O2. The van der Waals surface area contributed by atoms with Crippen molar-refractivity contribution in [1.29, 1.82) is 5.41 Å². The molecule has 21 heavy (non-hydrogen) atoms. The number of carbonyl (C=O) groups is 1. The third-order valence-electron chi connectivity index (χ3n) is 2.99. The van der Waals surface area contributed by atoms with Crippen molar-refractivity contribution in [3.8, 4) is 5.75 Å². The Morgan fingerprint density at radius 3 is 2.62 bits per heavy atom. The van der Waals surface area contributed by atoms with E-state index in [2.05, 4.69) is 5.32 Å². The second kappa shape index (κ2) is 5.96. The maximum absolute atomic E-state index is 12.0. The molecule has 6 nitrogen and oxygen atoms in total. The molecule has 0 saturated heterocycles. The fourth-order valence-corrected chi connectivity index (χ4v) is 1.87. The monoisotopic (exact) mass is 284 g/mol. The number of nitrogens with two attached hydrogens (primary N) is 2. The number of phenols is 1. The molecule has 0 unspecified atom stereocenters. The summed E-state index contributed by atoms with van der Waals surface area (Å²) in [5.74, 6) is -0.545. The van der Waals surface area contributed by atoms with E-state index in [0.717, 1.165) is 0 Å². The Labute approximate surface area is 121 Å². The van der Waals surface area contributed by atoms with Gasteiger partial charge >= 0.3 is 0 Å². The van der Waals surface area contributed by atoms with Crippen molar-refractivity contribution in [2.45, 2.75) is 6.42 Å². The van der Waals surface area contributed by atoms with Crippen LogP contribution in [0.25, 0.3) is 0 Å². The number of phenolic OH excluding ortho intramolecular Hbond substituents is 1. The Morgan fingerprint density at radius 1 is 1.24 bits per heavy atom. The molecule has 0 heterocycles. The van der Waals surface area contributed by atoms with Crippen LogP contribution in [0, 0.1) is 5.41 Å². The molecule has 7 N–H and O–H groups in total. The lowest BCUT2D eigenvalue weighted by Gasteiger charge is -2.10. The summed E-state index contributed by atoms with van der Waals surface area (Å²) in [6, 6.07) is 11.4. The van der Waals surface area contributed by atoms with E-state index < -0.39 is 0 Å². The number of para-hydroxylation sites is 1. The molecule has 2 aromatic rings. The summed E-state index contributed by atoms with van der Waals surface area (Å²) in [5, 5.41) is 19.7. The quantitative estimate of drug-likeness (QED) is 0.252. The number of amidine groups is 1. The van der Waals surface area contributed by atoms with Crippen LogP contribution >= 0.6 is 0 Å². The standard InChI is InChI=1S/C15H16N4O2/c16-11-4-2-1-3-9(11)8-14(21)19-12-7-10(15(17)18)5-6-13(12)20/h1-7,20H,8,16H2,(H3,17,18)(H,19,21). The van der Waals surface area contributed by atoms with Crippen molar-refractivity contribution in [2.75, 3.05) is 11.1 Å². The molecule has 108 valence electrons. The van der Waals surface area contributed by atoms with Gasteiger partial charge < -0.3 is 21.9 Å². The van der Waals surface area contributed by atoms with Gasteiger partial charge in [-0.2, -0.15) is 0 Å². The molecule has 6 heteroatoms. The summed E-state index contributed by atoms with van der Waals surface area (Å²) < 4.78 is 0. The van der Waals surface area contributed by atoms with E-state index >= 15 is 0 Å². The molecule has 0 spiro atoms. The van der Waals surface area contributed by atoms with E-state index in [1.165, 1.54) is 18.2 Å². The van der Waals surface area contributed by atoms with E-state index in [4.69, 9.17) is 16.9 Å². The number of carbonyl (C=O) groups excluding carboxylic acids is 1. The third-order valence-corrected chi connectivity index (χ3v) is 2.99. The highest BCUT2D eigenvalue weighted by molar-refractivity contribution is 5.99. The zero-order chi connectivity index (χ0) is 15.4. The summed E-state index contributed by atoms with van der Waals surface area (Å²) in [6.07, 6.45) is 0.0937. The number of nitrogen functional groups attached to an aromatic ring is 2. The summed E-state index contributed by atoms with van der Waals surface area (Å²) in [5.41, 5.74) is 13.0. The zero-order valence-electron chi connectivity index (χ0n) is 11.3. The summed E-state index contributed by atoms with van der Waals surface area (Å²) in [7, 11) is 0. The fourth-order valence-electron chi connectivity index (χ4n) is 1.87. The van der Waals surface area contributed by atoms with E-state index in [1.54, 1.807) is 24.3 Å². The number of nitrogens with one attached hydrogen (secondary N) is 2. The lowest BCUT2D eigenvalue weighted by molar-refractivity contribution is -0.115. The number of amides is 1. The van der Waals surface area contributed by atoms with Crippen LogP contribution in [0.2, 0.25) is 0 Å². The van der Waals surface area contributed by atoms with Crippen LogP contribution in [0.1, 0.15) is 11.1 Å². The van der Waals surface area contributed by atoms with Crippen molar-refractivity contribution in [3.63, 3.8) is 0 Å². The predicted molar refractivity (Wildman–Crippen MR) is 82.3 cm³/mol. The lowest BCUT2D eigenvalue weighted by atomic mass is 10.1. The number of anilines is 2. The molecule has 0 fully saturated rings. The van der Waals surface area contributed by atoms with E-state index in [0.29, 0.717) is 16.8 Å². The molecule has 0 aliphatic rings. The van der Waals surface area contributed by atoms with Crippen LogP contribution in [-0.4, -0.2) is 16.8 Å². The molecule has 0 radical (unpaired) electrons. The molecular weight excluding hydrogens is 268 g/mol. The van der Waals surface area contributed by atoms with Crippen molar-refractivity contribution in [2.24, 2.45) is 5.73 Å². The number of benzene rings is 2. The van der Waals surface area contributed by atoms with Gasteiger partial charge in [0.05, 0.1) is 12.1 Å². The van der Waals surface area contributed by atoms with Gasteiger partial charge in [0.2, 0.25) is 5.91 Å². The van der Waals surface area contributed by atoms with Crippen LogP contribution in [0.15, 0.2) is 42.5 Å². The van der Waals surface area contributed by atoms with Crippen LogP contribution < -0.4 is 16.8 Å². The normalized spacial score (nSPS) is 10.1. The van der Waals surface area contributed by atoms with Gasteiger partial charge in [0.15, 0.2) is 0 Å². The molecule has 0 atom stereocenters. The van der Waals surface area contributed by atoms with Gasteiger partial charge in [-0.15, -0.1) is 0 Å². The fraction of sp³-hybridized carbons (Fsp3) is 0.0667. The predicted octanol–water partition coefficient (Wildman–Crippen LogP) is 1.44. The average molecular weight is 284 g/mol. The Morgan fingerprint density at radius 2 is 1.95 bits per heavy atom. The first-order valence-electron chi connectivity index (χ1n) is 6.28. The maximum atomic E-state index is 12.0. The first-order chi connectivity index (χ1) is 9.97. The van der Waals surface area contributed by atoms with Gasteiger partial charge in [-0.3, -0.25) is 10.2 Å². The Bertz CT molecular complexity index is 698. The zero-order valence-corrected chi connectivity index (χ0v) is 11.3. The van der Waals surface area contributed by atoms with Gasteiger partial charge in [0, 0.05) is 11.3 Å². The van der Waals surface area contributed by atoms with Crippen LogP contribution in [0.3, 0.4) is 0 Å². The summed E-state index contributed by atoms with van der Waals surface area (Å²) in [4.78, 5) is 12.0. The van der Waals surface area contributed by atoms with E-state index in [-0.39, 0.29) is 29.6 Å². The highest BCUT2D eigenvalue weighted by atomic mass is 16.3. The largest absolute Gasteiger partial charge is 0.506 e. The SMILES string of the molecule is N=C(N)c1ccc(O)c(NC(=O)Cc2ccccc2N)c1. The van der Waals surface area contributed by atoms with Crippen molar-refractivity contribution in [1.82, 2.24) is 0 Å². The smallest absolute Gasteiger partial charge is 0.228 e. The first-order valence-corrected chi connectivity index (χ1v) is 6.28. The Balaban J connectivity index is 2.15. The molecule has 0 bridgehead atoms. The number of hydrogen-bond donors (Lipinski definition) is 5. The lowest BCUT2D eigenvalue weighted by Crippen LogP contribution is -2.16.